The van der Waals surface area contributed by atoms with Crippen LogP contribution in [0.5, 0.6) is 0 Å². The first-order chi connectivity index (χ1) is 6.33. The van der Waals surface area contributed by atoms with Gasteiger partial charge in [-0.2, -0.15) is 0 Å². The fourth-order valence-corrected chi connectivity index (χ4v) is 1.68. The first-order valence-corrected chi connectivity index (χ1v) is 4.66. The second-order valence-electron chi connectivity index (χ2n) is 3.29. The smallest absolute Gasteiger partial charge is 0.0501 e. The highest BCUT2D eigenvalue weighted by Gasteiger charge is 2.01. The summed E-state index contributed by atoms with van der Waals surface area (Å²) in [5.74, 6) is 0. The molecule has 0 amide bonds. The normalized spacial score (nSPS) is 10.8. The van der Waals surface area contributed by atoms with Gasteiger partial charge in [0.05, 0.1) is 5.52 Å². The average Bonchev–Trinajstić information content (AvgIpc) is 2.51. The lowest BCUT2D eigenvalue weighted by Crippen LogP contribution is -1.94. The number of hydrogen-bond acceptors (Lipinski definition) is 1. The van der Waals surface area contributed by atoms with Gasteiger partial charge >= 0.3 is 0 Å². The number of nitrogens with two attached hydrogens (primary N) is 1. The molecular formula is C11H14N2. The van der Waals surface area contributed by atoms with Gasteiger partial charge in [-0.25, -0.2) is 0 Å². The van der Waals surface area contributed by atoms with Crippen LogP contribution in [0.3, 0.4) is 0 Å². The molecule has 0 radical (unpaired) electrons. The third kappa shape index (κ3) is 1.28. The van der Waals surface area contributed by atoms with Crippen LogP contribution in [-0.2, 0) is 6.54 Å². The molecule has 0 unspecified atom stereocenters. The number of fused-ring (bicyclic) bond motifs is 1. The molecule has 0 atom stereocenters. The van der Waals surface area contributed by atoms with E-state index in [4.69, 9.17) is 5.73 Å². The topological polar surface area (TPSA) is 30.9 Å². The number of aromatic nitrogens is 1. The van der Waals surface area contributed by atoms with Gasteiger partial charge in [0.2, 0.25) is 0 Å². The van der Waals surface area contributed by atoms with E-state index in [1.807, 2.05) is 12.1 Å². The van der Waals surface area contributed by atoms with E-state index < -0.39 is 0 Å². The van der Waals surface area contributed by atoms with Gasteiger partial charge in [0.25, 0.3) is 0 Å². The van der Waals surface area contributed by atoms with Gasteiger partial charge in [-0.1, -0.05) is 13.0 Å². The van der Waals surface area contributed by atoms with Crippen molar-refractivity contribution in [2.45, 2.75) is 19.9 Å². The molecule has 0 aliphatic heterocycles. The Labute approximate surface area is 78.0 Å². The van der Waals surface area contributed by atoms with E-state index in [1.165, 1.54) is 5.52 Å². The molecule has 0 saturated heterocycles. The monoisotopic (exact) mass is 174 g/mol. The van der Waals surface area contributed by atoms with Crippen molar-refractivity contribution in [3.05, 3.63) is 30.5 Å². The number of aryl methyl sites for hydroxylation is 1. The van der Waals surface area contributed by atoms with E-state index in [-0.39, 0.29) is 0 Å². The molecule has 2 N–H and O–H groups in total. The fraction of sp³-hybridized carbons (Fsp3) is 0.273. The van der Waals surface area contributed by atoms with Gasteiger partial charge in [-0.3, -0.25) is 0 Å². The van der Waals surface area contributed by atoms with Gasteiger partial charge in [0.1, 0.15) is 0 Å². The molecule has 2 nitrogen and oxygen atoms in total. The minimum absolute atomic E-state index is 0.868. The summed E-state index contributed by atoms with van der Waals surface area (Å²) < 4.78 is 2.24. The molecule has 2 aromatic rings. The second-order valence-corrected chi connectivity index (χ2v) is 3.29. The molecule has 13 heavy (non-hydrogen) atoms. The van der Waals surface area contributed by atoms with Gasteiger partial charge in [0, 0.05) is 23.8 Å². The molecule has 0 aliphatic carbocycles. The maximum absolute atomic E-state index is 5.85. The van der Waals surface area contributed by atoms with Crippen molar-refractivity contribution >= 4 is 16.6 Å². The molecule has 1 aromatic carbocycles. The maximum atomic E-state index is 5.85. The number of hydrogen-bond donors (Lipinski definition) is 1. The standard InChI is InChI=1S/C11H14N2/c1-2-7-13-8-6-9-10(12)4-3-5-11(9)13/h3-6,8H,2,7,12H2,1H3. The Morgan fingerprint density at radius 3 is 2.92 bits per heavy atom. The number of nitrogens with zero attached hydrogens (tertiary/aromatic N) is 1. The van der Waals surface area contributed by atoms with Crippen LogP contribution < -0.4 is 5.73 Å². The summed E-state index contributed by atoms with van der Waals surface area (Å²) in [6.07, 6.45) is 3.25. The van der Waals surface area contributed by atoms with Gasteiger partial charge in [-0.15, -0.1) is 0 Å². The van der Waals surface area contributed by atoms with Crippen LogP contribution in [0.25, 0.3) is 10.9 Å². The highest BCUT2D eigenvalue weighted by atomic mass is 14.9. The summed E-state index contributed by atoms with van der Waals surface area (Å²) in [5.41, 5.74) is 7.96. The summed E-state index contributed by atoms with van der Waals surface area (Å²) >= 11 is 0. The highest BCUT2D eigenvalue weighted by molar-refractivity contribution is 5.91. The van der Waals surface area contributed by atoms with Crippen LogP contribution in [0.1, 0.15) is 13.3 Å². The quantitative estimate of drug-likeness (QED) is 0.697. The number of benzene rings is 1. The van der Waals surface area contributed by atoms with Crippen molar-refractivity contribution < 1.29 is 0 Å². The minimum Gasteiger partial charge on any atom is -0.398 e. The molecule has 0 saturated carbocycles. The number of rotatable bonds is 2. The van der Waals surface area contributed by atoms with E-state index in [1.54, 1.807) is 0 Å². The highest BCUT2D eigenvalue weighted by Crippen LogP contribution is 2.21. The summed E-state index contributed by atoms with van der Waals surface area (Å²) in [6, 6.07) is 8.14. The number of anilines is 1. The molecule has 0 fully saturated rings. The SMILES string of the molecule is CCCn1ccc2c(N)cccc21. The van der Waals surface area contributed by atoms with Crippen LogP contribution in [-0.4, -0.2) is 4.57 Å². The van der Waals surface area contributed by atoms with Crippen molar-refractivity contribution in [1.29, 1.82) is 0 Å². The molecule has 0 aliphatic rings. The van der Waals surface area contributed by atoms with Crippen molar-refractivity contribution in [3.63, 3.8) is 0 Å². The number of nitrogen functional groups attached to an aromatic ring is 1. The Morgan fingerprint density at radius 1 is 1.31 bits per heavy atom. The fourth-order valence-electron chi connectivity index (χ4n) is 1.68. The molecule has 2 rings (SSSR count). The lowest BCUT2D eigenvalue weighted by Gasteiger charge is -2.02. The Morgan fingerprint density at radius 2 is 2.15 bits per heavy atom. The van der Waals surface area contributed by atoms with Crippen molar-refractivity contribution in [1.82, 2.24) is 4.57 Å². The van der Waals surface area contributed by atoms with E-state index in [0.717, 1.165) is 24.0 Å². The van der Waals surface area contributed by atoms with Crippen LogP contribution in [0.15, 0.2) is 30.5 Å². The second kappa shape index (κ2) is 3.13. The predicted molar refractivity (Wildman–Crippen MR) is 56.6 cm³/mol. The summed E-state index contributed by atoms with van der Waals surface area (Å²) in [6.45, 7) is 3.24. The predicted octanol–water partition coefficient (Wildman–Crippen LogP) is 2.63. The molecule has 68 valence electrons. The van der Waals surface area contributed by atoms with E-state index >= 15 is 0 Å². The Hall–Kier alpha value is -1.44. The summed E-state index contributed by atoms with van der Waals surface area (Å²) in [7, 11) is 0. The van der Waals surface area contributed by atoms with Gasteiger partial charge < -0.3 is 10.3 Å². The molecule has 1 aromatic heterocycles. The Bertz CT molecular complexity index is 415. The van der Waals surface area contributed by atoms with Crippen molar-refractivity contribution in [2.24, 2.45) is 0 Å². The first kappa shape index (κ1) is 8.17. The molecule has 0 bridgehead atoms. The van der Waals surface area contributed by atoms with Crippen LogP contribution in [0.4, 0.5) is 5.69 Å². The minimum atomic E-state index is 0.868. The zero-order valence-corrected chi connectivity index (χ0v) is 7.83. The van der Waals surface area contributed by atoms with Crippen LogP contribution in [0.2, 0.25) is 0 Å². The molecule has 1 heterocycles. The Kier molecular flexibility index (Phi) is 1.97. The van der Waals surface area contributed by atoms with Gasteiger partial charge in [0.15, 0.2) is 0 Å². The summed E-state index contributed by atoms with van der Waals surface area (Å²) in [5, 5.41) is 1.16. The van der Waals surface area contributed by atoms with Crippen molar-refractivity contribution in [2.75, 3.05) is 5.73 Å². The van der Waals surface area contributed by atoms with E-state index in [0.29, 0.717) is 0 Å². The first-order valence-electron chi connectivity index (χ1n) is 4.66. The van der Waals surface area contributed by atoms with Crippen LogP contribution in [0, 0.1) is 0 Å². The molecular weight excluding hydrogens is 160 g/mol. The van der Waals surface area contributed by atoms with Gasteiger partial charge in [-0.05, 0) is 24.6 Å². The third-order valence-corrected chi connectivity index (χ3v) is 2.31. The zero-order valence-electron chi connectivity index (χ0n) is 7.83. The summed E-state index contributed by atoms with van der Waals surface area (Å²) in [4.78, 5) is 0. The van der Waals surface area contributed by atoms with Crippen molar-refractivity contribution in [3.8, 4) is 0 Å². The van der Waals surface area contributed by atoms with Crippen LogP contribution >= 0.6 is 0 Å². The molecule has 0 spiro atoms. The zero-order chi connectivity index (χ0) is 9.26. The van der Waals surface area contributed by atoms with E-state index in [9.17, 15) is 0 Å². The van der Waals surface area contributed by atoms with E-state index in [2.05, 4.69) is 29.8 Å². The third-order valence-electron chi connectivity index (χ3n) is 2.31. The lowest BCUT2D eigenvalue weighted by molar-refractivity contribution is 0.703. The Balaban J connectivity index is 2.61. The molecule has 2 heteroatoms. The lowest BCUT2D eigenvalue weighted by atomic mass is 10.2. The largest absolute Gasteiger partial charge is 0.398 e. The maximum Gasteiger partial charge on any atom is 0.0501 e. The average molecular weight is 174 g/mol.